The van der Waals surface area contributed by atoms with Crippen LogP contribution in [0.15, 0.2) is 12.3 Å². The summed E-state index contributed by atoms with van der Waals surface area (Å²) in [5.41, 5.74) is 6.02. The van der Waals surface area contributed by atoms with Gasteiger partial charge in [-0.05, 0) is 12.8 Å². The van der Waals surface area contributed by atoms with Crippen LogP contribution in [0.1, 0.15) is 12.8 Å². The molecule has 0 radical (unpaired) electrons. The number of ether oxygens (including phenoxy) is 1. The van der Waals surface area contributed by atoms with Crippen LogP contribution in [0, 0.1) is 0 Å². The first-order valence-corrected chi connectivity index (χ1v) is 2.69. The second kappa shape index (κ2) is 4.65. The highest BCUT2D eigenvalue weighted by molar-refractivity contribution is 4.84. The van der Waals surface area contributed by atoms with Crippen molar-refractivity contribution in [2.45, 2.75) is 12.8 Å². The Morgan fingerprint density at radius 1 is 1.75 bits per heavy atom. The SMILES string of the molecule is C=C(N)CCCOC. The molecule has 8 heavy (non-hydrogen) atoms. The highest BCUT2D eigenvalue weighted by Crippen LogP contribution is 1.93. The summed E-state index contributed by atoms with van der Waals surface area (Å²) < 4.78 is 4.80. The first kappa shape index (κ1) is 7.50. The molecule has 0 saturated heterocycles. The van der Waals surface area contributed by atoms with E-state index in [0.29, 0.717) is 0 Å². The van der Waals surface area contributed by atoms with E-state index in [0.717, 1.165) is 25.1 Å². The van der Waals surface area contributed by atoms with Gasteiger partial charge in [-0.15, -0.1) is 0 Å². The lowest BCUT2D eigenvalue weighted by Gasteiger charge is -1.96. The molecule has 0 rings (SSSR count). The van der Waals surface area contributed by atoms with Crippen molar-refractivity contribution in [1.29, 1.82) is 0 Å². The van der Waals surface area contributed by atoms with E-state index in [1.165, 1.54) is 0 Å². The van der Waals surface area contributed by atoms with Gasteiger partial charge in [0.15, 0.2) is 0 Å². The third-order valence-electron chi connectivity index (χ3n) is 0.846. The Morgan fingerprint density at radius 3 is 2.75 bits per heavy atom. The molecule has 0 heterocycles. The molecule has 0 fully saturated rings. The number of allylic oxidation sites excluding steroid dienone is 1. The molecule has 0 aromatic carbocycles. The average molecular weight is 115 g/mol. The molecule has 0 aromatic heterocycles. The third-order valence-corrected chi connectivity index (χ3v) is 0.846. The normalized spacial score (nSPS) is 9.12. The van der Waals surface area contributed by atoms with Gasteiger partial charge < -0.3 is 10.5 Å². The highest BCUT2D eigenvalue weighted by atomic mass is 16.5. The number of rotatable bonds is 4. The van der Waals surface area contributed by atoms with E-state index in [4.69, 9.17) is 10.5 Å². The topological polar surface area (TPSA) is 35.2 Å². The summed E-state index contributed by atoms with van der Waals surface area (Å²) >= 11 is 0. The first-order valence-electron chi connectivity index (χ1n) is 2.69. The molecule has 48 valence electrons. The standard InChI is InChI=1S/C6H13NO/c1-6(7)4-3-5-8-2/h1,3-5,7H2,2H3. The van der Waals surface area contributed by atoms with Crippen molar-refractivity contribution in [1.82, 2.24) is 0 Å². The third kappa shape index (κ3) is 5.50. The molecule has 0 amide bonds. The maximum atomic E-state index is 5.28. The van der Waals surface area contributed by atoms with Crippen LogP contribution >= 0.6 is 0 Å². The van der Waals surface area contributed by atoms with E-state index in [-0.39, 0.29) is 0 Å². The van der Waals surface area contributed by atoms with Crippen LogP contribution < -0.4 is 5.73 Å². The number of hydrogen-bond acceptors (Lipinski definition) is 2. The summed E-state index contributed by atoms with van der Waals surface area (Å²) in [6, 6.07) is 0. The molecule has 0 bridgehead atoms. The number of nitrogens with two attached hydrogens (primary N) is 1. The van der Waals surface area contributed by atoms with E-state index in [1.54, 1.807) is 7.11 Å². The van der Waals surface area contributed by atoms with Crippen LogP contribution in [0.2, 0.25) is 0 Å². The van der Waals surface area contributed by atoms with E-state index >= 15 is 0 Å². The van der Waals surface area contributed by atoms with Crippen molar-refractivity contribution in [3.63, 3.8) is 0 Å². The van der Waals surface area contributed by atoms with Gasteiger partial charge in [-0.25, -0.2) is 0 Å². The summed E-state index contributed by atoms with van der Waals surface area (Å²) in [7, 11) is 1.68. The van der Waals surface area contributed by atoms with Crippen molar-refractivity contribution < 1.29 is 4.74 Å². The molecule has 0 atom stereocenters. The monoisotopic (exact) mass is 115 g/mol. The van der Waals surface area contributed by atoms with Gasteiger partial charge in [-0.1, -0.05) is 6.58 Å². The first-order chi connectivity index (χ1) is 3.77. The molecular weight excluding hydrogens is 102 g/mol. The van der Waals surface area contributed by atoms with E-state index in [2.05, 4.69) is 6.58 Å². The molecule has 0 aliphatic carbocycles. The highest BCUT2D eigenvalue weighted by Gasteiger charge is 1.84. The molecule has 0 aliphatic rings. The number of hydrogen-bond donors (Lipinski definition) is 1. The van der Waals surface area contributed by atoms with Gasteiger partial charge in [-0.2, -0.15) is 0 Å². The summed E-state index contributed by atoms with van der Waals surface area (Å²) in [6.45, 7) is 4.32. The molecule has 0 aromatic rings. The lowest BCUT2D eigenvalue weighted by atomic mass is 10.3. The zero-order valence-corrected chi connectivity index (χ0v) is 5.31. The molecule has 2 N–H and O–H groups in total. The Hall–Kier alpha value is -0.500. The van der Waals surface area contributed by atoms with Crippen LogP contribution in [0.4, 0.5) is 0 Å². The summed E-state index contributed by atoms with van der Waals surface area (Å²) in [4.78, 5) is 0. The van der Waals surface area contributed by atoms with Gasteiger partial charge in [0.25, 0.3) is 0 Å². The maximum absolute atomic E-state index is 5.28. The quantitative estimate of drug-likeness (QED) is 0.552. The van der Waals surface area contributed by atoms with Crippen molar-refractivity contribution >= 4 is 0 Å². The minimum atomic E-state index is 0.738. The zero-order valence-electron chi connectivity index (χ0n) is 5.31. The van der Waals surface area contributed by atoms with Gasteiger partial charge in [0.1, 0.15) is 0 Å². The summed E-state index contributed by atoms with van der Waals surface area (Å²) in [6.07, 6.45) is 1.85. The Labute approximate surface area is 50.3 Å². The van der Waals surface area contributed by atoms with Crippen LogP contribution in [0.5, 0.6) is 0 Å². The summed E-state index contributed by atoms with van der Waals surface area (Å²) in [5, 5.41) is 0. The van der Waals surface area contributed by atoms with E-state index < -0.39 is 0 Å². The lowest BCUT2D eigenvalue weighted by molar-refractivity contribution is 0.195. The zero-order chi connectivity index (χ0) is 6.41. The van der Waals surface area contributed by atoms with Gasteiger partial charge in [0, 0.05) is 19.4 Å². The predicted molar refractivity (Wildman–Crippen MR) is 34.4 cm³/mol. The molecule has 0 saturated carbocycles. The Bertz CT molecular complexity index is 70.9. The predicted octanol–water partition coefficient (Wildman–Crippen LogP) is 0.885. The van der Waals surface area contributed by atoms with E-state index in [1.807, 2.05) is 0 Å². The van der Waals surface area contributed by atoms with Gasteiger partial charge >= 0.3 is 0 Å². The Balaban J connectivity index is 2.82. The van der Waals surface area contributed by atoms with Crippen LogP contribution in [0.3, 0.4) is 0 Å². The molecule has 2 heteroatoms. The molecule has 2 nitrogen and oxygen atoms in total. The fourth-order valence-corrected chi connectivity index (χ4v) is 0.444. The second-order valence-electron chi connectivity index (χ2n) is 1.75. The largest absolute Gasteiger partial charge is 0.403 e. The molecule has 0 spiro atoms. The van der Waals surface area contributed by atoms with Crippen molar-refractivity contribution in [3.05, 3.63) is 12.3 Å². The molecule has 0 aliphatic heterocycles. The van der Waals surface area contributed by atoms with Gasteiger partial charge in [-0.3, -0.25) is 0 Å². The second-order valence-corrected chi connectivity index (χ2v) is 1.75. The lowest BCUT2D eigenvalue weighted by Crippen LogP contribution is -1.96. The van der Waals surface area contributed by atoms with Gasteiger partial charge in [0.2, 0.25) is 0 Å². The van der Waals surface area contributed by atoms with Crippen LogP contribution in [-0.4, -0.2) is 13.7 Å². The van der Waals surface area contributed by atoms with Crippen molar-refractivity contribution in [3.8, 4) is 0 Å². The van der Waals surface area contributed by atoms with Crippen LogP contribution in [0.25, 0.3) is 0 Å². The minimum absolute atomic E-state index is 0.738. The van der Waals surface area contributed by atoms with E-state index in [9.17, 15) is 0 Å². The van der Waals surface area contributed by atoms with Crippen LogP contribution in [-0.2, 0) is 4.74 Å². The average Bonchev–Trinajstić information content (AvgIpc) is 1.66. The molecule has 0 unspecified atom stereocenters. The Morgan fingerprint density at radius 2 is 2.38 bits per heavy atom. The number of methoxy groups -OCH3 is 1. The fraction of sp³-hybridized carbons (Fsp3) is 0.667. The minimum Gasteiger partial charge on any atom is -0.403 e. The summed E-state index contributed by atoms with van der Waals surface area (Å²) in [5.74, 6) is 0. The van der Waals surface area contributed by atoms with Crippen molar-refractivity contribution in [2.24, 2.45) is 5.73 Å². The Kier molecular flexibility index (Phi) is 4.36. The molecular formula is C6H13NO. The fourth-order valence-electron chi connectivity index (χ4n) is 0.444. The smallest absolute Gasteiger partial charge is 0.0465 e. The van der Waals surface area contributed by atoms with Crippen molar-refractivity contribution in [2.75, 3.05) is 13.7 Å². The maximum Gasteiger partial charge on any atom is 0.0465 e. The van der Waals surface area contributed by atoms with Gasteiger partial charge in [0.05, 0.1) is 0 Å².